The molecule has 1 aliphatic rings. The van der Waals surface area contributed by atoms with Gasteiger partial charge in [-0.3, -0.25) is 0 Å². The normalized spacial score (nSPS) is 16.6. The summed E-state index contributed by atoms with van der Waals surface area (Å²) in [7, 11) is -3.41. The van der Waals surface area contributed by atoms with Crippen molar-refractivity contribution < 1.29 is 8.42 Å². The van der Waals surface area contributed by atoms with Crippen LogP contribution < -0.4 is 4.90 Å². The average Bonchev–Trinajstić information content (AvgIpc) is 2.62. The van der Waals surface area contributed by atoms with Crippen LogP contribution >= 0.6 is 0 Å². The second-order valence-electron chi connectivity index (χ2n) is 5.73. The highest BCUT2D eigenvalue weighted by molar-refractivity contribution is 7.92. The van der Waals surface area contributed by atoms with E-state index in [1.165, 1.54) is 9.71 Å². The van der Waals surface area contributed by atoms with Crippen molar-refractivity contribution in [2.45, 2.75) is 6.92 Å². The molecule has 1 aromatic carbocycles. The lowest BCUT2D eigenvalue weighted by molar-refractivity contribution is 0.388. The Morgan fingerprint density at radius 1 is 1.04 bits per heavy atom. The van der Waals surface area contributed by atoms with E-state index in [2.05, 4.69) is 10.2 Å². The molecule has 0 unspecified atom stereocenters. The van der Waals surface area contributed by atoms with E-state index in [1.54, 1.807) is 12.3 Å². The molecule has 7 heteroatoms. The van der Waals surface area contributed by atoms with Gasteiger partial charge in [0, 0.05) is 37.8 Å². The smallest absolute Gasteiger partial charge is 0.236 e. The lowest BCUT2D eigenvalue weighted by atomic mass is 10.2. The summed E-state index contributed by atoms with van der Waals surface area (Å²) in [6.45, 7) is 4.10. The Morgan fingerprint density at radius 3 is 2.38 bits per heavy atom. The van der Waals surface area contributed by atoms with Gasteiger partial charge in [0.1, 0.15) is 0 Å². The van der Waals surface area contributed by atoms with Crippen LogP contribution in [0.2, 0.25) is 0 Å². The first-order valence-electron chi connectivity index (χ1n) is 7.82. The number of benzene rings is 1. The van der Waals surface area contributed by atoms with E-state index in [-0.39, 0.29) is 0 Å². The summed E-state index contributed by atoms with van der Waals surface area (Å²) in [5, 5.41) is 9.22. The molecule has 1 fully saturated rings. The van der Waals surface area contributed by atoms with Gasteiger partial charge < -0.3 is 4.90 Å². The molecule has 0 atom stereocenters. The van der Waals surface area contributed by atoms with Crippen LogP contribution in [0.4, 0.5) is 5.82 Å². The highest BCUT2D eigenvalue weighted by Crippen LogP contribution is 2.15. The second kappa shape index (κ2) is 7.11. The van der Waals surface area contributed by atoms with Crippen LogP contribution in [0.5, 0.6) is 0 Å². The van der Waals surface area contributed by atoms with E-state index in [0.29, 0.717) is 26.2 Å². The highest BCUT2D eigenvalue weighted by atomic mass is 32.2. The van der Waals surface area contributed by atoms with Crippen LogP contribution in [0.15, 0.2) is 48.0 Å². The number of hydrogen-bond acceptors (Lipinski definition) is 5. The molecule has 1 aliphatic heterocycles. The SMILES string of the molecule is Cc1ccc(/C=C/S(=O)(=O)N2CCN(c3cccnn3)CC2)cc1. The Kier molecular flexibility index (Phi) is 4.92. The minimum absolute atomic E-state index is 0.442. The third-order valence-electron chi connectivity index (χ3n) is 3.99. The summed E-state index contributed by atoms with van der Waals surface area (Å²) in [5.41, 5.74) is 2.03. The fourth-order valence-electron chi connectivity index (χ4n) is 2.56. The van der Waals surface area contributed by atoms with Gasteiger partial charge in [0.2, 0.25) is 10.0 Å². The van der Waals surface area contributed by atoms with E-state index in [0.717, 1.165) is 16.9 Å². The molecule has 6 nitrogen and oxygen atoms in total. The first kappa shape index (κ1) is 16.6. The maximum absolute atomic E-state index is 12.5. The van der Waals surface area contributed by atoms with E-state index in [1.807, 2.05) is 48.2 Å². The molecule has 0 spiro atoms. The first-order chi connectivity index (χ1) is 11.5. The Hall–Kier alpha value is -2.25. The average molecular weight is 344 g/mol. The van der Waals surface area contributed by atoms with Crippen molar-refractivity contribution in [1.29, 1.82) is 0 Å². The zero-order valence-electron chi connectivity index (χ0n) is 13.5. The van der Waals surface area contributed by atoms with Gasteiger partial charge in [-0.05, 0) is 30.7 Å². The van der Waals surface area contributed by atoms with E-state index < -0.39 is 10.0 Å². The molecule has 0 saturated carbocycles. The zero-order valence-corrected chi connectivity index (χ0v) is 14.4. The van der Waals surface area contributed by atoms with Crippen LogP contribution in [0.25, 0.3) is 6.08 Å². The minimum Gasteiger partial charge on any atom is -0.352 e. The molecule has 0 N–H and O–H groups in total. The maximum atomic E-state index is 12.5. The monoisotopic (exact) mass is 344 g/mol. The summed E-state index contributed by atoms with van der Waals surface area (Å²) < 4.78 is 26.4. The van der Waals surface area contributed by atoms with Crippen molar-refractivity contribution >= 4 is 21.9 Å². The minimum atomic E-state index is -3.41. The third kappa shape index (κ3) is 3.98. The Bertz CT molecular complexity index is 796. The Balaban J connectivity index is 1.63. The summed E-state index contributed by atoms with van der Waals surface area (Å²) in [4.78, 5) is 2.04. The van der Waals surface area contributed by atoms with Gasteiger partial charge in [0.25, 0.3) is 0 Å². The second-order valence-corrected chi connectivity index (χ2v) is 7.54. The number of sulfonamides is 1. The van der Waals surface area contributed by atoms with Gasteiger partial charge in [-0.2, -0.15) is 9.40 Å². The number of anilines is 1. The molecule has 0 aliphatic carbocycles. The van der Waals surface area contributed by atoms with Crippen molar-refractivity contribution in [3.05, 3.63) is 59.1 Å². The predicted octanol–water partition coefficient (Wildman–Crippen LogP) is 1.91. The van der Waals surface area contributed by atoms with Gasteiger partial charge in [-0.15, -0.1) is 5.10 Å². The molecular weight excluding hydrogens is 324 g/mol. The lowest BCUT2D eigenvalue weighted by Gasteiger charge is -2.33. The first-order valence-corrected chi connectivity index (χ1v) is 9.32. The number of nitrogens with zero attached hydrogens (tertiary/aromatic N) is 4. The highest BCUT2D eigenvalue weighted by Gasteiger charge is 2.25. The fourth-order valence-corrected chi connectivity index (χ4v) is 3.74. The Morgan fingerprint density at radius 2 is 1.75 bits per heavy atom. The summed E-state index contributed by atoms with van der Waals surface area (Å²) in [6.07, 6.45) is 3.27. The fraction of sp³-hybridized carbons (Fsp3) is 0.294. The van der Waals surface area contributed by atoms with Gasteiger partial charge in [0.15, 0.2) is 5.82 Å². The summed E-state index contributed by atoms with van der Waals surface area (Å²) in [6, 6.07) is 11.5. The zero-order chi connectivity index (χ0) is 17.0. The quantitative estimate of drug-likeness (QED) is 0.848. The molecule has 0 radical (unpaired) electrons. The van der Waals surface area contributed by atoms with E-state index in [4.69, 9.17) is 0 Å². The van der Waals surface area contributed by atoms with Crippen LogP contribution in [-0.2, 0) is 10.0 Å². The van der Waals surface area contributed by atoms with Crippen LogP contribution in [0.3, 0.4) is 0 Å². The molecule has 126 valence electrons. The van der Waals surface area contributed by atoms with Crippen LogP contribution in [0.1, 0.15) is 11.1 Å². The molecule has 1 saturated heterocycles. The van der Waals surface area contributed by atoms with Crippen LogP contribution in [-0.4, -0.2) is 49.1 Å². The van der Waals surface area contributed by atoms with Crippen molar-refractivity contribution in [2.24, 2.45) is 0 Å². The van der Waals surface area contributed by atoms with Crippen molar-refractivity contribution in [1.82, 2.24) is 14.5 Å². The summed E-state index contributed by atoms with van der Waals surface area (Å²) in [5.74, 6) is 0.782. The Labute approximate surface area is 142 Å². The summed E-state index contributed by atoms with van der Waals surface area (Å²) >= 11 is 0. The molecule has 0 bridgehead atoms. The number of aryl methyl sites for hydroxylation is 1. The standard InChI is InChI=1S/C17H20N4O2S/c1-15-4-6-16(7-5-15)8-14-24(22,23)21-12-10-20(11-13-21)17-3-2-9-18-19-17/h2-9,14H,10-13H2,1H3/b14-8+. The van der Waals surface area contributed by atoms with E-state index in [9.17, 15) is 8.42 Å². The lowest BCUT2D eigenvalue weighted by Crippen LogP contribution is -2.48. The third-order valence-corrected chi connectivity index (χ3v) is 5.56. The number of hydrogen-bond donors (Lipinski definition) is 0. The molecule has 2 aromatic rings. The van der Waals surface area contributed by atoms with Crippen molar-refractivity contribution in [3.8, 4) is 0 Å². The molecule has 2 heterocycles. The van der Waals surface area contributed by atoms with Crippen LogP contribution in [0, 0.1) is 6.92 Å². The van der Waals surface area contributed by atoms with Gasteiger partial charge in [0.05, 0.1) is 0 Å². The molecule has 3 rings (SSSR count). The largest absolute Gasteiger partial charge is 0.352 e. The van der Waals surface area contributed by atoms with Gasteiger partial charge >= 0.3 is 0 Å². The number of piperazine rings is 1. The maximum Gasteiger partial charge on any atom is 0.236 e. The molecule has 24 heavy (non-hydrogen) atoms. The van der Waals surface area contributed by atoms with Gasteiger partial charge in [-0.25, -0.2) is 8.42 Å². The topological polar surface area (TPSA) is 66.4 Å². The number of rotatable bonds is 4. The predicted molar refractivity (Wildman–Crippen MR) is 95.0 cm³/mol. The van der Waals surface area contributed by atoms with Gasteiger partial charge in [-0.1, -0.05) is 29.8 Å². The molecule has 1 aromatic heterocycles. The molecular formula is C17H20N4O2S. The number of aromatic nitrogens is 2. The van der Waals surface area contributed by atoms with Crippen molar-refractivity contribution in [2.75, 3.05) is 31.1 Å². The van der Waals surface area contributed by atoms with Crippen molar-refractivity contribution in [3.63, 3.8) is 0 Å². The van der Waals surface area contributed by atoms with E-state index >= 15 is 0 Å². The molecule has 0 amide bonds.